The summed E-state index contributed by atoms with van der Waals surface area (Å²) in [7, 11) is 0. The summed E-state index contributed by atoms with van der Waals surface area (Å²) < 4.78 is 2.87. The Bertz CT molecular complexity index is 852. The van der Waals surface area contributed by atoms with Crippen LogP contribution in [0.25, 0.3) is 16.9 Å². The molecule has 0 aliphatic heterocycles. The first kappa shape index (κ1) is 15.6. The second kappa shape index (κ2) is 6.47. The zero-order chi connectivity index (χ0) is 16.4. The van der Waals surface area contributed by atoms with Crippen LogP contribution in [0.5, 0.6) is 0 Å². The van der Waals surface area contributed by atoms with Gasteiger partial charge in [-0.3, -0.25) is 5.10 Å². The largest absolute Gasteiger partial charge is 0.368 e. The van der Waals surface area contributed by atoms with Gasteiger partial charge in [0, 0.05) is 22.8 Å². The number of nitriles is 1. The van der Waals surface area contributed by atoms with Gasteiger partial charge >= 0.3 is 0 Å². The number of aromatic nitrogens is 3. The van der Waals surface area contributed by atoms with Crippen molar-refractivity contribution in [3.63, 3.8) is 0 Å². The average molecular weight is 372 g/mol. The molecule has 0 bridgehead atoms. The summed E-state index contributed by atoms with van der Waals surface area (Å²) in [5, 5.41) is 15.8. The number of H-pyrrole nitrogens is 1. The van der Waals surface area contributed by atoms with Gasteiger partial charge in [0.15, 0.2) is 11.5 Å². The molecule has 2 aromatic heterocycles. The van der Waals surface area contributed by atoms with E-state index in [2.05, 4.69) is 51.2 Å². The number of nitrogens with one attached hydrogen (secondary N) is 2. The second-order valence-corrected chi connectivity index (χ2v) is 6.80. The van der Waals surface area contributed by atoms with Crippen LogP contribution in [0.1, 0.15) is 25.8 Å². The lowest BCUT2D eigenvalue weighted by Gasteiger charge is -2.09. The summed E-state index contributed by atoms with van der Waals surface area (Å²) in [6.07, 6.45) is 2.75. The fourth-order valence-corrected chi connectivity index (χ4v) is 2.72. The van der Waals surface area contributed by atoms with E-state index in [1.165, 1.54) is 0 Å². The van der Waals surface area contributed by atoms with Gasteiger partial charge in [-0.1, -0.05) is 41.9 Å². The highest BCUT2D eigenvalue weighted by molar-refractivity contribution is 9.10. The average Bonchev–Trinajstić information content (AvgIpc) is 3.07. The quantitative estimate of drug-likeness (QED) is 0.697. The first-order valence-electron chi connectivity index (χ1n) is 7.60. The molecule has 0 atom stereocenters. The highest BCUT2D eigenvalue weighted by Crippen LogP contribution is 2.30. The van der Waals surface area contributed by atoms with E-state index in [4.69, 9.17) is 0 Å². The van der Waals surface area contributed by atoms with Gasteiger partial charge in [-0.2, -0.15) is 5.26 Å². The second-order valence-electron chi connectivity index (χ2n) is 5.88. The molecule has 3 aromatic rings. The van der Waals surface area contributed by atoms with E-state index in [1.807, 2.05) is 28.8 Å². The number of hydrogen-bond donors (Lipinski definition) is 2. The Morgan fingerprint density at radius 2 is 2.09 bits per heavy atom. The fraction of sp³-hybridized carbons (Fsp3) is 0.294. The summed E-state index contributed by atoms with van der Waals surface area (Å²) in [5.74, 6) is 1.52. The van der Waals surface area contributed by atoms with Crippen molar-refractivity contribution in [3.8, 4) is 17.3 Å². The van der Waals surface area contributed by atoms with Gasteiger partial charge < -0.3 is 5.32 Å². The van der Waals surface area contributed by atoms with Crippen molar-refractivity contribution >= 4 is 27.4 Å². The Kier molecular flexibility index (Phi) is 4.39. The molecule has 0 radical (unpaired) electrons. The minimum atomic E-state index is 0.542. The predicted octanol–water partition coefficient (Wildman–Crippen LogP) is 4.42. The molecule has 0 amide bonds. The lowest BCUT2D eigenvalue weighted by molar-refractivity contribution is 0.606. The molecule has 0 aliphatic rings. The number of benzene rings is 1. The van der Waals surface area contributed by atoms with Crippen LogP contribution in [0, 0.1) is 17.2 Å². The Morgan fingerprint density at radius 1 is 1.35 bits per heavy atom. The third-order valence-electron chi connectivity index (χ3n) is 3.71. The number of anilines is 1. The van der Waals surface area contributed by atoms with Gasteiger partial charge in [-0.05, 0) is 24.5 Å². The maximum Gasteiger partial charge on any atom is 0.173 e. The molecule has 118 valence electrons. The number of halogens is 1. The molecule has 23 heavy (non-hydrogen) atoms. The van der Waals surface area contributed by atoms with Crippen LogP contribution in [0.3, 0.4) is 0 Å². The van der Waals surface area contributed by atoms with Gasteiger partial charge in [0.25, 0.3) is 0 Å². The zero-order valence-electron chi connectivity index (χ0n) is 13.1. The first-order chi connectivity index (χ1) is 11.1. The molecule has 0 aliphatic carbocycles. The summed E-state index contributed by atoms with van der Waals surface area (Å²) in [5.41, 5.74) is 3.06. The van der Waals surface area contributed by atoms with Crippen molar-refractivity contribution in [2.24, 2.45) is 5.92 Å². The summed E-state index contributed by atoms with van der Waals surface area (Å²) in [6, 6.07) is 10.2. The Morgan fingerprint density at radius 3 is 2.74 bits per heavy atom. The Hall–Kier alpha value is -2.26. The molecule has 2 N–H and O–H groups in total. The standard InChI is InChI=1S/C17H18BrN5/c1-11(2)7-8-20-17-15(12-3-5-14(18)6-4-12)22-16-13(9-19)10-21-23(16)17/h3-6,10-11,20-21H,7-8H2,1-2H3. The van der Waals surface area contributed by atoms with E-state index < -0.39 is 0 Å². The number of aromatic amines is 1. The third kappa shape index (κ3) is 3.10. The molecule has 6 heteroatoms. The molecular weight excluding hydrogens is 354 g/mol. The number of rotatable bonds is 5. The molecule has 0 saturated heterocycles. The van der Waals surface area contributed by atoms with Crippen molar-refractivity contribution in [2.75, 3.05) is 11.9 Å². The van der Waals surface area contributed by atoms with E-state index in [1.54, 1.807) is 6.20 Å². The fourth-order valence-electron chi connectivity index (χ4n) is 2.45. The topological polar surface area (TPSA) is 68.9 Å². The normalized spacial score (nSPS) is 11.1. The van der Waals surface area contributed by atoms with Gasteiger partial charge in [-0.25, -0.2) is 9.50 Å². The summed E-state index contributed by atoms with van der Waals surface area (Å²) >= 11 is 3.45. The summed E-state index contributed by atoms with van der Waals surface area (Å²) in [4.78, 5) is 4.67. The minimum Gasteiger partial charge on any atom is -0.368 e. The predicted molar refractivity (Wildman–Crippen MR) is 95.3 cm³/mol. The van der Waals surface area contributed by atoms with Crippen molar-refractivity contribution in [2.45, 2.75) is 20.3 Å². The first-order valence-corrected chi connectivity index (χ1v) is 8.39. The van der Waals surface area contributed by atoms with Gasteiger partial charge in [0.05, 0.1) is 0 Å². The minimum absolute atomic E-state index is 0.542. The van der Waals surface area contributed by atoms with E-state index in [-0.39, 0.29) is 0 Å². The number of hydrogen-bond acceptors (Lipinski definition) is 3. The maximum absolute atomic E-state index is 9.23. The molecule has 2 heterocycles. The van der Waals surface area contributed by atoms with Crippen molar-refractivity contribution in [1.29, 1.82) is 5.26 Å². The molecule has 1 aromatic carbocycles. The van der Waals surface area contributed by atoms with E-state index in [0.717, 1.165) is 34.5 Å². The smallest absolute Gasteiger partial charge is 0.173 e. The monoisotopic (exact) mass is 371 g/mol. The van der Waals surface area contributed by atoms with E-state index in [0.29, 0.717) is 17.1 Å². The van der Waals surface area contributed by atoms with E-state index in [9.17, 15) is 5.26 Å². The lowest BCUT2D eigenvalue weighted by atomic mass is 10.1. The van der Waals surface area contributed by atoms with Crippen LogP contribution in [0.2, 0.25) is 0 Å². The van der Waals surface area contributed by atoms with Gasteiger partial charge in [0.1, 0.15) is 17.3 Å². The molecule has 0 saturated carbocycles. The van der Waals surface area contributed by atoms with Crippen molar-refractivity contribution in [1.82, 2.24) is 14.6 Å². The molecular formula is C17H18BrN5. The number of nitrogens with zero attached hydrogens (tertiary/aromatic N) is 3. The number of fused-ring (bicyclic) bond motifs is 1. The summed E-state index contributed by atoms with van der Waals surface area (Å²) in [6.45, 7) is 5.26. The lowest BCUT2D eigenvalue weighted by Crippen LogP contribution is -2.08. The molecule has 0 fully saturated rings. The van der Waals surface area contributed by atoms with Crippen LogP contribution in [-0.4, -0.2) is 21.1 Å². The van der Waals surface area contributed by atoms with Gasteiger partial charge in [0.2, 0.25) is 0 Å². The van der Waals surface area contributed by atoms with Crippen LogP contribution >= 0.6 is 15.9 Å². The number of imidazole rings is 1. The van der Waals surface area contributed by atoms with Crippen LogP contribution in [0.15, 0.2) is 34.9 Å². The van der Waals surface area contributed by atoms with Crippen LogP contribution in [-0.2, 0) is 0 Å². The van der Waals surface area contributed by atoms with E-state index >= 15 is 0 Å². The van der Waals surface area contributed by atoms with Crippen molar-refractivity contribution in [3.05, 3.63) is 40.5 Å². The van der Waals surface area contributed by atoms with Gasteiger partial charge in [-0.15, -0.1) is 0 Å². The molecule has 0 spiro atoms. The SMILES string of the molecule is CC(C)CCNc1c(-c2ccc(Br)cc2)nc2c(C#N)c[nH]n12. The molecule has 5 nitrogen and oxygen atoms in total. The molecule has 3 rings (SSSR count). The molecule has 0 unspecified atom stereocenters. The highest BCUT2D eigenvalue weighted by Gasteiger charge is 2.17. The Balaban J connectivity index is 2.06. The third-order valence-corrected chi connectivity index (χ3v) is 4.24. The van der Waals surface area contributed by atoms with Crippen LogP contribution in [0.4, 0.5) is 5.82 Å². The maximum atomic E-state index is 9.23. The van der Waals surface area contributed by atoms with Crippen molar-refractivity contribution < 1.29 is 0 Å². The Labute approximate surface area is 143 Å². The zero-order valence-corrected chi connectivity index (χ0v) is 14.7. The highest BCUT2D eigenvalue weighted by atomic mass is 79.9. The van der Waals surface area contributed by atoms with Crippen LogP contribution < -0.4 is 5.32 Å².